The van der Waals surface area contributed by atoms with Crippen LogP contribution in [0.2, 0.25) is 0 Å². The van der Waals surface area contributed by atoms with Crippen LogP contribution in [-0.4, -0.2) is 28.9 Å². The monoisotopic (exact) mass is 362 g/mol. The van der Waals surface area contributed by atoms with E-state index in [1.54, 1.807) is 6.92 Å². The number of carbonyl (C=O) groups excluding carboxylic acids is 1. The Hall–Kier alpha value is -1.42. The lowest BCUT2D eigenvalue weighted by atomic mass is 10.1. The lowest BCUT2D eigenvalue weighted by Crippen LogP contribution is -2.36. The highest BCUT2D eigenvalue weighted by Gasteiger charge is 2.10. The zero-order valence-electron chi connectivity index (χ0n) is 16.1. The number of Topliss-reactive ketones (excluding diaryl/α,β-unsaturated/α-hetero) is 1. The van der Waals surface area contributed by atoms with Crippen molar-refractivity contribution in [3.05, 3.63) is 29.8 Å². The molecule has 0 atom stereocenters. The smallest absolute Gasteiger partial charge is 0.173 e. The molecule has 1 rings (SSSR count). The van der Waals surface area contributed by atoms with Gasteiger partial charge in [0, 0.05) is 24.3 Å². The summed E-state index contributed by atoms with van der Waals surface area (Å²) in [7, 11) is 0. The molecular weight excluding hydrogens is 328 g/mol. The number of nitrogens with zero attached hydrogens (tertiary/aromatic N) is 1. The lowest BCUT2D eigenvalue weighted by Gasteiger charge is -2.26. The lowest BCUT2D eigenvalue weighted by molar-refractivity contribution is 0.101. The van der Waals surface area contributed by atoms with Crippen LogP contribution in [0.25, 0.3) is 0 Å². The molecule has 0 unspecified atom stereocenters. The minimum absolute atomic E-state index is 0.0746. The normalized spacial score (nSPS) is 10.5. The Morgan fingerprint density at radius 3 is 2.12 bits per heavy atom. The zero-order chi connectivity index (χ0) is 18.5. The molecular formula is C21H34N2OS. The maximum atomic E-state index is 11.6. The number of thiocarbonyl (C=S) groups is 1. The van der Waals surface area contributed by atoms with E-state index in [4.69, 9.17) is 12.2 Å². The van der Waals surface area contributed by atoms with Gasteiger partial charge in [0.05, 0.1) is 0 Å². The minimum atomic E-state index is 0.0746. The van der Waals surface area contributed by atoms with Crippen LogP contribution in [0.4, 0.5) is 5.69 Å². The van der Waals surface area contributed by atoms with Crippen LogP contribution in [0.3, 0.4) is 0 Å². The Bertz CT molecular complexity index is 518. The van der Waals surface area contributed by atoms with Crippen molar-refractivity contribution in [2.24, 2.45) is 0 Å². The summed E-state index contributed by atoms with van der Waals surface area (Å²) in [5, 5.41) is 4.10. The average molecular weight is 363 g/mol. The van der Waals surface area contributed by atoms with Crippen molar-refractivity contribution in [3.8, 4) is 0 Å². The first-order valence-electron chi connectivity index (χ1n) is 9.75. The second kappa shape index (κ2) is 12.9. The molecule has 0 bridgehead atoms. The van der Waals surface area contributed by atoms with E-state index in [9.17, 15) is 4.79 Å². The topological polar surface area (TPSA) is 32.3 Å². The van der Waals surface area contributed by atoms with Gasteiger partial charge in [-0.05, 0) is 44.1 Å². The summed E-state index contributed by atoms with van der Waals surface area (Å²) in [6.45, 7) is 8.06. The molecule has 1 N–H and O–H groups in total. The third-order valence-electron chi connectivity index (χ3n) is 4.37. The number of nitrogens with one attached hydrogen (secondary N) is 1. The predicted molar refractivity (Wildman–Crippen MR) is 113 cm³/mol. The van der Waals surface area contributed by atoms with Gasteiger partial charge in [0.15, 0.2) is 10.9 Å². The van der Waals surface area contributed by atoms with Crippen molar-refractivity contribution < 1.29 is 4.79 Å². The molecule has 0 saturated carbocycles. The molecule has 1 aromatic carbocycles. The predicted octanol–water partition coefficient (Wildman–Crippen LogP) is 6.05. The Labute approximate surface area is 159 Å². The molecule has 4 heteroatoms. The number of anilines is 1. The number of ketones is 1. The molecule has 0 fully saturated rings. The number of benzene rings is 1. The minimum Gasteiger partial charge on any atom is -0.349 e. The van der Waals surface area contributed by atoms with Crippen LogP contribution in [0.1, 0.15) is 82.5 Å². The van der Waals surface area contributed by atoms with Crippen molar-refractivity contribution in [1.29, 1.82) is 0 Å². The van der Waals surface area contributed by atoms with Crippen molar-refractivity contribution in [2.75, 3.05) is 18.4 Å². The first-order chi connectivity index (χ1) is 12.1. The van der Waals surface area contributed by atoms with E-state index >= 15 is 0 Å². The van der Waals surface area contributed by atoms with Crippen LogP contribution in [0.15, 0.2) is 24.3 Å². The Kier molecular flexibility index (Phi) is 11.1. The molecule has 0 amide bonds. The molecule has 0 saturated heterocycles. The van der Waals surface area contributed by atoms with E-state index in [1.165, 1.54) is 51.4 Å². The van der Waals surface area contributed by atoms with Crippen LogP contribution in [-0.2, 0) is 0 Å². The number of hydrogen-bond acceptors (Lipinski definition) is 2. The van der Waals surface area contributed by atoms with E-state index in [1.807, 2.05) is 24.3 Å². The van der Waals surface area contributed by atoms with Gasteiger partial charge in [-0.15, -0.1) is 0 Å². The molecule has 3 nitrogen and oxygen atoms in total. The zero-order valence-corrected chi connectivity index (χ0v) is 17.0. The Morgan fingerprint density at radius 1 is 1.00 bits per heavy atom. The van der Waals surface area contributed by atoms with Crippen LogP contribution < -0.4 is 5.32 Å². The number of rotatable bonds is 12. The molecule has 0 radical (unpaired) electrons. The molecule has 0 aromatic heterocycles. The Balaban J connectivity index is 2.62. The first kappa shape index (κ1) is 21.6. The summed E-state index contributed by atoms with van der Waals surface area (Å²) in [6.07, 6.45) is 9.92. The standard InChI is InChI=1S/C21H34N2OS/c1-4-6-8-10-15-23(16-11-9-7-5-2)21(25)22-20-14-12-13-19(17-20)18(3)24/h12-14,17H,4-11,15-16H2,1-3H3,(H,22,25). The van der Waals surface area contributed by atoms with Gasteiger partial charge in [0.2, 0.25) is 0 Å². The highest BCUT2D eigenvalue weighted by atomic mass is 32.1. The van der Waals surface area contributed by atoms with E-state index in [2.05, 4.69) is 24.1 Å². The van der Waals surface area contributed by atoms with E-state index in [-0.39, 0.29) is 5.78 Å². The fourth-order valence-electron chi connectivity index (χ4n) is 2.79. The van der Waals surface area contributed by atoms with Gasteiger partial charge in [0.1, 0.15) is 0 Å². The molecule has 0 aliphatic rings. The summed E-state index contributed by atoms with van der Waals surface area (Å²) in [4.78, 5) is 13.8. The maximum Gasteiger partial charge on any atom is 0.173 e. The van der Waals surface area contributed by atoms with Crippen molar-refractivity contribution in [2.45, 2.75) is 72.1 Å². The van der Waals surface area contributed by atoms with Gasteiger partial charge in [-0.2, -0.15) is 0 Å². The maximum absolute atomic E-state index is 11.6. The van der Waals surface area contributed by atoms with Crippen molar-refractivity contribution in [1.82, 2.24) is 4.90 Å². The van der Waals surface area contributed by atoms with E-state index in [0.717, 1.165) is 23.9 Å². The number of hydrogen-bond donors (Lipinski definition) is 1. The molecule has 140 valence electrons. The number of unbranched alkanes of at least 4 members (excludes halogenated alkanes) is 6. The fourth-order valence-corrected chi connectivity index (χ4v) is 3.09. The van der Waals surface area contributed by atoms with E-state index < -0.39 is 0 Å². The summed E-state index contributed by atoms with van der Waals surface area (Å²) in [5.74, 6) is 0.0746. The molecule has 0 heterocycles. The fraction of sp³-hybridized carbons (Fsp3) is 0.619. The van der Waals surface area contributed by atoms with Crippen LogP contribution >= 0.6 is 12.2 Å². The Morgan fingerprint density at radius 2 is 1.60 bits per heavy atom. The largest absolute Gasteiger partial charge is 0.349 e. The second-order valence-corrected chi connectivity index (χ2v) is 7.06. The van der Waals surface area contributed by atoms with Gasteiger partial charge in [-0.3, -0.25) is 4.79 Å². The highest BCUT2D eigenvalue weighted by Crippen LogP contribution is 2.13. The van der Waals surface area contributed by atoms with Gasteiger partial charge < -0.3 is 10.2 Å². The number of carbonyl (C=O) groups is 1. The summed E-state index contributed by atoms with van der Waals surface area (Å²) >= 11 is 5.65. The molecule has 0 aliphatic carbocycles. The SMILES string of the molecule is CCCCCCN(CCCCCC)C(=S)Nc1cccc(C(C)=O)c1. The van der Waals surface area contributed by atoms with Crippen LogP contribution in [0.5, 0.6) is 0 Å². The molecule has 0 spiro atoms. The van der Waals surface area contributed by atoms with E-state index in [0.29, 0.717) is 5.56 Å². The molecule has 1 aromatic rings. The quantitative estimate of drug-likeness (QED) is 0.279. The first-order valence-corrected chi connectivity index (χ1v) is 10.2. The summed E-state index contributed by atoms with van der Waals surface area (Å²) in [6, 6.07) is 7.57. The summed E-state index contributed by atoms with van der Waals surface area (Å²) in [5.41, 5.74) is 1.61. The van der Waals surface area contributed by atoms with Gasteiger partial charge in [-0.1, -0.05) is 64.5 Å². The molecule has 0 aliphatic heterocycles. The van der Waals surface area contributed by atoms with Crippen molar-refractivity contribution >= 4 is 28.8 Å². The van der Waals surface area contributed by atoms with Crippen LogP contribution in [0, 0.1) is 0 Å². The average Bonchev–Trinajstić information content (AvgIpc) is 2.60. The second-order valence-electron chi connectivity index (χ2n) is 6.68. The van der Waals surface area contributed by atoms with Crippen molar-refractivity contribution in [3.63, 3.8) is 0 Å². The molecule has 25 heavy (non-hydrogen) atoms. The van der Waals surface area contributed by atoms with Gasteiger partial charge >= 0.3 is 0 Å². The van der Waals surface area contributed by atoms with Gasteiger partial charge in [0.25, 0.3) is 0 Å². The summed E-state index contributed by atoms with van der Waals surface area (Å²) < 4.78 is 0. The third kappa shape index (κ3) is 9.01. The highest BCUT2D eigenvalue weighted by molar-refractivity contribution is 7.80. The third-order valence-corrected chi connectivity index (χ3v) is 4.73. The van der Waals surface area contributed by atoms with Gasteiger partial charge in [-0.25, -0.2) is 0 Å².